The molecule has 166 valence electrons. The van der Waals surface area contributed by atoms with Crippen molar-refractivity contribution in [3.05, 3.63) is 35.4 Å². The molecule has 0 heterocycles. The Labute approximate surface area is 172 Å². The Morgan fingerprint density at radius 1 is 0.759 bits per heavy atom. The number of hydrogen-bond acceptors (Lipinski definition) is 6. The minimum Gasteiger partial charge on any atom is -0.478 e. The molecule has 0 unspecified atom stereocenters. The minimum absolute atomic E-state index is 0.190. The van der Waals surface area contributed by atoms with Crippen LogP contribution in [0.3, 0.4) is 0 Å². The zero-order valence-electron chi connectivity index (χ0n) is 17.5. The fourth-order valence-electron chi connectivity index (χ4n) is 1.93. The van der Waals surface area contributed by atoms with Gasteiger partial charge in [0.05, 0.1) is 30.9 Å². The van der Waals surface area contributed by atoms with E-state index in [4.69, 9.17) is 23.8 Å². The third-order valence-corrected chi connectivity index (χ3v) is 5.13. The van der Waals surface area contributed by atoms with Crippen LogP contribution < -0.4 is 0 Å². The number of rotatable bonds is 14. The van der Waals surface area contributed by atoms with Gasteiger partial charge in [-0.15, -0.1) is 0 Å². The number of carboxylic acids is 2. The van der Waals surface area contributed by atoms with E-state index in [2.05, 4.69) is 20.8 Å². The van der Waals surface area contributed by atoms with E-state index in [-0.39, 0.29) is 11.1 Å². The van der Waals surface area contributed by atoms with E-state index >= 15 is 0 Å². The molecule has 0 atom stereocenters. The van der Waals surface area contributed by atoms with E-state index < -0.39 is 19.8 Å². The van der Waals surface area contributed by atoms with Gasteiger partial charge in [0, 0.05) is 0 Å². The number of unbranched alkanes of at least 4 members (excludes halogenated alkanes) is 3. The van der Waals surface area contributed by atoms with Gasteiger partial charge < -0.3 is 10.2 Å². The summed E-state index contributed by atoms with van der Waals surface area (Å²) >= 11 is 0. The van der Waals surface area contributed by atoms with Gasteiger partial charge in [0.1, 0.15) is 0 Å². The number of phosphoric acid groups is 1. The molecule has 0 amide bonds. The van der Waals surface area contributed by atoms with E-state index in [1.54, 1.807) is 0 Å². The van der Waals surface area contributed by atoms with Crippen LogP contribution in [0.2, 0.25) is 0 Å². The third-order valence-electron chi connectivity index (χ3n) is 3.63. The van der Waals surface area contributed by atoms with Crippen molar-refractivity contribution in [2.75, 3.05) is 19.8 Å². The maximum atomic E-state index is 12.2. The predicted octanol–water partition coefficient (Wildman–Crippen LogP) is 5.63. The van der Waals surface area contributed by atoms with Gasteiger partial charge in [0.15, 0.2) is 0 Å². The first-order valence-electron chi connectivity index (χ1n) is 9.90. The molecule has 1 rings (SSSR count). The molecule has 0 bridgehead atoms. The molecule has 1 aromatic carbocycles. The summed E-state index contributed by atoms with van der Waals surface area (Å²) in [5.74, 6) is -2.46. The lowest BCUT2D eigenvalue weighted by Crippen LogP contribution is -2.06. The van der Waals surface area contributed by atoms with Gasteiger partial charge in [-0.3, -0.25) is 13.6 Å². The summed E-state index contributed by atoms with van der Waals surface area (Å²) < 4.78 is 28.0. The molecule has 0 aliphatic rings. The summed E-state index contributed by atoms with van der Waals surface area (Å²) in [6, 6.07) is 5.48. The highest BCUT2D eigenvalue weighted by Crippen LogP contribution is 2.49. The first-order valence-corrected chi connectivity index (χ1v) is 11.4. The smallest absolute Gasteiger partial charge is 0.474 e. The quantitative estimate of drug-likeness (QED) is 0.287. The fraction of sp³-hybridized carbons (Fsp3) is 0.600. The minimum atomic E-state index is -3.31. The van der Waals surface area contributed by atoms with Crippen molar-refractivity contribution >= 4 is 19.8 Å². The van der Waals surface area contributed by atoms with Crippen molar-refractivity contribution < 1.29 is 37.9 Å². The average Bonchev–Trinajstić information content (AvgIpc) is 2.69. The van der Waals surface area contributed by atoms with Crippen molar-refractivity contribution in [3.63, 3.8) is 0 Å². The molecule has 9 heteroatoms. The van der Waals surface area contributed by atoms with E-state index in [0.717, 1.165) is 38.5 Å². The highest BCUT2D eigenvalue weighted by atomic mass is 31.2. The van der Waals surface area contributed by atoms with Crippen LogP contribution in [0.15, 0.2) is 24.3 Å². The summed E-state index contributed by atoms with van der Waals surface area (Å²) in [5.41, 5.74) is -0.380. The van der Waals surface area contributed by atoms with Gasteiger partial charge in [-0.2, -0.15) is 0 Å². The van der Waals surface area contributed by atoms with Crippen LogP contribution in [0.1, 0.15) is 80.0 Å². The molecule has 0 spiro atoms. The molecule has 0 aliphatic heterocycles. The van der Waals surface area contributed by atoms with Gasteiger partial charge in [-0.25, -0.2) is 14.2 Å². The first-order chi connectivity index (χ1) is 13.8. The molecule has 0 aromatic heterocycles. The third kappa shape index (κ3) is 12.4. The number of aromatic carboxylic acids is 2. The van der Waals surface area contributed by atoms with Crippen molar-refractivity contribution in [2.45, 2.75) is 59.3 Å². The molecular weight excluding hydrogens is 399 g/mol. The highest BCUT2D eigenvalue weighted by Gasteiger charge is 2.25. The topological polar surface area (TPSA) is 119 Å². The monoisotopic (exact) mass is 432 g/mol. The van der Waals surface area contributed by atoms with Crippen LogP contribution >= 0.6 is 7.82 Å². The Morgan fingerprint density at radius 2 is 1.07 bits per heavy atom. The molecule has 0 aliphatic carbocycles. The summed E-state index contributed by atoms with van der Waals surface area (Å²) in [6.07, 6.45) is 5.63. The van der Waals surface area contributed by atoms with Crippen LogP contribution in [-0.2, 0) is 18.1 Å². The second-order valence-corrected chi connectivity index (χ2v) is 7.83. The Bertz CT molecular complexity index is 581. The molecule has 8 nitrogen and oxygen atoms in total. The number of phosphoric ester groups is 1. The lowest BCUT2D eigenvalue weighted by atomic mass is 10.1. The molecule has 0 saturated carbocycles. The van der Waals surface area contributed by atoms with Gasteiger partial charge in [0.2, 0.25) is 0 Å². The Balaban J connectivity index is 0.000000571. The maximum Gasteiger partial charge on any atom is 0.474 e. The number of carbonyl (C=O) groups is 2. The summed E-state index contributed by atoms with van der Waals surface area (Å²) in [5, 5.41) is 17.1. The van der Waals surface area contributed by atoms with Gasteiger partial charge in [-0.05, 0) is 31.4 Å². The number of hydrogen-bond donors (Lipinski definition) is 2. The molecule has 0 fully saturated rings. The van der Waals surface area contributed by atoms with E-state index in [1.807, 2.05) is 0 Å². The van der Waals surface area contributed by atoms with Gasteiger partial charge >= 0.3 is 19.8 Å². The summed E-state index contributed by atoms with van der Waals surface area (Å²) in [7, 11) is -3.31. The van der Waals surface area contributed by atoms with Crippen molar-refractivity contribution in [3.8, 4) is 0 Å². The Kier molecular flexibility index (Phi) is 15.1. The molecule has 29 heavy (non-hydrogen) atoms. The van der Waals surface area contributed by atoms with Crippen LogP contribution in [0, 0.1) is 0 Å². The maximum absolute atomic E-state index is 12.2. The Hall–Kier alpha value is -1.73. The fourth-order valence-corrected chi connectivity index (χ4v) is 3.21. The zero-order valence-corrected chi connectivity index (χ0v) is 18.4. The van der Waals surface area contributed by atoms with Crippen LogP contribution in [0.25, 0.3) is 0 Å². The summed E-state index contributed by atoms with van der Waals surface area (Å²) in [4.78, 5) is 20.9. The molecule has 2 N–H and O–H groups in total. The molecule has 0 radical (unpaired) electrons. The second kappa shape index (κ2) is 16.1. The molecule has 1 aromatic rings. The van der Waals surface area contributed by atoms with Crippen molar-refractivity contribution in [1.29, 1.82) is 0 Å². The highest BCUT2D eigenvalue weighted by molar-refractivity contribution is 7.48. The first kappa shape index (κ1) is 27.3. The average molecular weight is 432 g/mol. The van der Waals surface area contributed by atoms with Crippen LogP contribution in [0.4, 0.5) is 0 Å². The van der Waals surface area contributed by atoms with E-state index in [0.29, 0.717) is 19.8 Å². The lowest BCUT2D eigenvalue weighted by Gasteiger charge is -2.17. The van der Waals surface area contributed by atoms with E-state index in [1.165, 1.54) is 24.3 Å². The molecular formula is C20H33O8P. The zero-order chi connectivity index (χ0) is 22.1. The molecule has 0 saturated heterocycles. The normalized spacial score (nSPS) is 10.9. The largest absolute Gasteiger partial charge is 0.478 e. The number of carboxylic acid groups (broad SMARTS) is 2. The summed E-state index contributed by atoms with van der Waals surface area (Å²) in [6.45, 7) is 7.49. The second-order valence-electron chi connectivity index (χ2n) is 6.16. The SMILES string of the molecule is CCCCOP(=O)(OCCCC)OCCCC.O=C(O)c1ccccc1C(=O)O. The van der Waals surface area contributed by atoms with Crippen LogP contribution in [0.5, 0.6) is 0 Å². The Morgan fingerprint density at radius 3 is 1.31 bits per heavy atom. The van der Waals surface area contributed by atoms with Gasteiger partial charge in [-0.1, -0.05) is 52.2 Å². The van der Waals surface area contributed by atoms with Crippen molar-refractivity contribution in [2.24, 2.45) is 0 Å². The van der Waals surface area contributed by atoms with Crippen LogP contribution in [-0.4, -0.2) is 42.0 Å². The van der Waals surface area contributed by atoms with Gasteiger partial charge in [0.25, 0.3) is 0 Å². The standard InChI is InChI=1S/C12H27O4P.C8H6O4/c1-4-7-10-14-17(13,15-11-8-5-2)16-12-9-6-3;9-7(10)5-3-1-2-4-6(5)8(11)12/h4-12H2,1-3H3;1-4H,(H,9,10)(H,11,12). The van der Waals surface area contributed by atoms with E-state index in [9.17, 15) is 14.2 Å². The predicted molar refractivity (Wildman–Crippen MR) is 111 cm³/mol. The number of benzene rings is 1. The lowest BCUT2D eigenvalue weighted by molar-refractivity contribution is 0.0651. The van der Waals surface area contributed by atoms with Crippen molar-refractivity contribution in [1.82, 2.24) is 0 Å².